The van der Waals surface area contributed by atoms with Crippen molar-refractivity contribution in [2.24, 2.45) is 0 Å². The highest BCUT2D eigenvalue weighted by Crippen LogP contribution is 2.26. The van der Waals surface area contributed by atoms with Crippen molar-refractivity contribution in [3.63, 3.8) is 0 Å². The van der Waals surface area contributed by atoms with Gasteiger partial charge in [-0.3, -0.25) is 19.3 Å². The quantitative estimate of drug-likeness (QED) is 0.512. The molecule has 3 rings (SSSR count). The first kappa shape index (κ1) is 21.3. The van der Waals surface area contributed by atoms with Gasteiger partial charge in [0.1, 0.15) is 5.76 Å². The Morgan fingerprint density at radius 3 is 2.30 bits per heavy atom. The summed E-state index contributed by atoms with van der Waals surface area (Å²) in [5.41, 5.74) is 0.437. The van der Waals surface area contributed by atoms with Crippen molar-refractivity contribution in [2.75, 3.05) is 6.61 Å². The standard InChI is InChI=1S/C22H24N2O6/c1-13(2)24(14(3)4)19(25)12-30-22(28)15-7-8-17-18(10-15)21(27)23(20(17)26)11-16-6-5-9-29-16/h5-10,13-14H,11-12H2,1-4H3. The summed E-state index contributed by atoms with van der Waals surface area (Å²) < 4.78 is 10.4. The molecule has 0 spiro atoms. The minimum atomic E-state index is -0.733. The molecule has 8 heteroatoms. The molecule has 0 aliphatic carbocycles. The van der Waals surface area contributed by atoms with Crippen LogP contribution in [0.15, 0.2) is 41.0 Å². The molecule has 158 valence electrons. The maximum atomic E-state index is 12.7. The third-order valence-electron chi connectivity index (χ3n) is 4.83. The number of hydrogen-bond acceptors (Lipinski definition) is 6. The highest BCUT2D eigenvalue weighted by Gasteiger charge is 2.36. The number of carbonyl (C=O) groups is 4. The minimum Gasteiger partial charge on any atom is -0.467 e. The van der Waals surface area contributed by atoms with E-state index in [1.807, 2.05) is 27.7 Å². The number of esters is 1. The monoisotopic (exact) mass is 412 g/mol. The zero-order valence-electron chi connectivity index (χ0n) is 17.4. The van der Waals surface area contributed by atoms with Gasteiger partial charge in [-0.05, 0) is 58.0 Å². The number of nitrogens with zero attached hydrogens (tertiary/aromatic N) is 2. The van der Waals surface area contributed by atoms with Gasteiger partial charge in [0.25, 0.3) is 17.7 Å². The second-order valence-electron chi connectivity index (χ2n) is 7.60. The summed E-state index contributed by atoms with van der Waals surface area (Å²) in [7, 11) is 0. The second-order valence-corrected chi connectivity index (χ2v) is 7.60. The van der Waals surface area contributed by atoms with Gasteiger partial charge in [0.15, 0.2) is 6.61 Å². The number of hydrogen-bond donors (Lipinski definition) is 0. The maximum Gasteiger partial charge on any atom is 0.338 e. The zero-order chi connectivity index (χ0) is 22.0. The molecular formula is C22H24N2O6. The molecule has 3 amide bonds. The van der Waals surface area contributed by atoms with Crippen LogP contribution in [0.1, 0.15) is 64.5 Å². The van der Waals surface area contributed by atoms with E-state index in [1.165, 1.54) is 24.5 Å². The van der Waals surface area contributed by atoms with Crippen LogP contribution in [0.3, 0.4) is 0 Å². The molecule has 1 aromatic heterocycles. The first-order valence-corrected chi connectivity index (χ1v) is 9.71. The number of rotatable bonds is 7. The Hall–Kier alpha value is -3.42. The molecule has 1 aliphatic rings. The summed E-state index contributed by atoms with van der Waals surface area (Å²) >= 11 is 0. The number of furan rings is 1. The van der Waals surface area contributed by atoms with Crippen molar-refractivity contribution in [3.8, 4) is 0 Å². The average molecular weight is 412 g/mol. The number of amides is 3. The fourth-order valence-electron chi connectivity index (χ4n) is 3.58. The third-order valence-corrected chi connectivity index (χ3v) is 4.83. The lowest BCUT2D eigenvalue weighted by Crippen LogP contribution is -2.44. The van der Waals surface area contributed by atoms with E-state index in [2.05, 4.69) is 0 Å². The summed E-state index contributed by atoms with van der Waals surface area (Å²) in [6.45, 7) is 7.15. The smallest absolute Gasteiger partial charge is 0.338 e. The summed E-state index contributed by atoms with van der Waals surface area (Å²) in [5, 5.41) is 0. The molecule has 0 atom stereocenters. The van der Waals surface area contributed by atoms with E-state index in [1.54, 1.807) is 17.0 Å². The van der Waals surface area contributed by atoms with Crippen LogP contribution in [0.5, 0.6) is 0 Å². The van der Waals surface area contributed by atoms with E-state index in [-0.39, 0.29) is 41.2 Å². The van der Waals surface area contributed by atoms with Crippen molar-refractivity contribution in [1.82, 2.24) is 9.80 Å². The Balaban J connectivity index is 1.70. The predicted molar refractivity (Wildman–Crippen MR) is 107 cm³/mol. The lowest BCUT2D eigenvalue weighted by Gasteiger charge is -2.30. The Kier molecular flexibility index (Phi) is 6.05. The Bertz CT molecular complexity index is 970. The van der Waals surface area contributed by atoms with Crippen LogP contribution in [0.25, 0.3) is 0 Å². The van der Waals surface area contributed by atoms with Gasteiger partial charge in [0, 0.05) is 12.1 Å². The first-order chi connectivity index (χ1) is 14.2. The SMILES string of the molecule is CC(C)N(C(=O)COC(=O)c1ccc2c(c1)C(=O)N(Cc1ccco1)C2=O)C(C)C. The Morgan fingerprint density at radius 2 is 1.70 bits per heavy atom. The van der Waals surface area contributed by atoms with Crippen LogP contribution in [0, 0.1) is 0 Å². The zero-order valence-corrected chi connectivity index (χ0v) is 17.4. The van der Waals surface area contributed by atoms with Crippen molar-refractivity contribution in [1.29, 1.82) is 0 Å². The molecule has 0 radical (unpaired) electrons. The van der Waals surface area contributed by atoms with E-state index >= 15 is 0 Å². The van der Waals surface area contributed by atoms with Gasteiger partial charge in [0.2, 0.25) is 0 Å². The molecule has 2 aromatic rings. The fourth-order valence-corrected chi connectivity index (χ4v) is 3.58. The van der Waals surface area contributed by atoms with Gasteiger partial charge >= 0.3 is 5.97 Å². The van der Waals surface area contributed by atoms with Gasteiger partial charge in [-0.15, -0.1) is 0 Å². The number of carbonyl (C=O) groups excluding carboxylic acids is 4. The van der Waals surface area contributed by atoms with Crippen LogP contribution in [0.2, 0.25) is 0 Å². The Labute approximate surface area is 174 Å². The molecular weight excluding hydrogens is 388 g/mol. The van der Waals surface area contributed by atoms with Crippen molar-refractivity contribution in [2.45, 2.75) is 46.3 Å². The van der Waals surface area contributed by atoms with Crippen LogP contribution in [-0.2, 0) is 16.1 Å². The molecule has 30 heavy (non-hydrogen) atoms. The largest absolute Gasteiger partial charge is 0.467 e. The van der Waals surface area contributed by atoms with Crippen molar-refractivity contribution >= 4 is 23.7 Å². The summed E-state index contributed by atoms with van der Waals surface area (Å²) in [6.07, 6.45) is 1.46. The number of ether oxygens (including phenoxy) is 1. The number of benzene rings is 1. The minimum absolute atomic E-state index is 0.00780. The molecule has 0 unspecified atom stereocenters. The molecule has 8 nitrogen and oxygen atoms in total. The van der Waals surface area contributed by atoms with Crippen LogP contribution >= 0.6 is 0 Å². The first-order valence-electron chi connectivity index (χ1n) is 9.71. The molecule has 1 aromatic carbocycles. The normalized spacial score (nSPS) is 13.2. The van der Waals surface area contributed by atoms with E-state index < -0.39 is 24.4 Å². The highest BCUT2D eigenvalue weighted by molar-refractivity contribution is 6.21. The van der Waals surface area contributed by atoms with Crippen LogP contribution in [-0.4, -0.2) is 52.2 Å². The second kappa shape index (κ2) is 8.52. The lowest BCUT2D eigenvalue weighted by molar-refractivity contribution is -0.138. The van der Waals surface area contributed by atoms with Crippen LogP contribution < -0.4 is 0 Å². The topological polar surface area (TPSA) is 97.1 Å². The van der Waals surface area contributed by atoms with Gasteiger partial charge < -0.3 is 14.1 Å². The molecule has 0 fully saturated rings. The van der Waals surface area contributed by atoms with E-state index in [0.717, 1.165) is 4.90 Å². The van der Waals surface area contributed by atoms with Gasteiger partial charge in [-0.25, -0.2) is 4.79 Å². The number of imide groups is 1. The van der Waals surface area contributed by atoms with E-state index in [0.29, 0.717) is 5.76 Å². The summed E-state index contributed by atoms with van der Waals surface area (Å²) in [5.74, 6) is -1.52. The molecule has 1 aliphatic heterocycles. The Morgan fingerprint density at radius 1 is 1.03 bits per heavy atom. The average Bonchev–Trinajstić information content (AvgIpc) is 3.28. The molecule has 2 heterocycles. The predicted octanol–water partition coefficient (Wildman–Crippen LogP) is 2.88. The molecule has 0 saturated carbocycles. The molecule has 0 saturated heterocycles. The van der Waals surface area contributed by atoms with Gasteiger partial charge in [-0.1, -0.05) is 0 Å². The number of fused-ring (bicyclic) bond motifs is 1. The van der Waals surface area contributed by atoms with Crippen LogP contribution in [0.4, 0.5) is 0 Å². The highest BCUT2D eigenvalue weighted by atomic mass is 16.5. The molecule has 0 N–H and O–H groups in total. The lowest BCUT2D eigenvalue weighted by atomic mass is 10.1. The maximum absolute atomic E-state index is 12.7. The van der Waals surface area contributed by atoms with Gasteiger partial charge in [-0.2, -0.15) is 0 Å². The van der Waals surface area contributed by atoms with Crippen molar-refractivity contribution < 1.29 is 28.3 Å². The fraction of sp³-hybridized carbons (Fsp3) is 0.364. The van der Waals surface area contributed by atoms with Gasteiger partial charge in [0.05, 0.1) is 29.5 Å². The summed E-state index contributed by atoms with van der Waals surface area (Å²) in [4.78, 5) is 52.7. The third kappa shape index (κ3) is 4.12. The van der Waals surface area contributed by atoms with Crippen molar-refractivity contribution in [3.05, 3.63) is 59.0 Å². The van der Waals surface area contributed by atoms with E-state index in [9.17, 15) is 19.2 Å². The molecule has 0 bridgehead atoms. The summed E-state index contributed by atoms with van der Waals surface area (Å²) in [6, 6.07) is 7.44. The van der Waals surface area contributed by atoms with E-state index in [4.69, 9.17) is 9.15 Å².